The van der Waals surface area contributed by atoms with E-state index in [2.05, 4.69) is 35.5 Å². The van der Waals surface area contributed by atoms with Crippen LogP contribution in [0.25, 0.3) is 5.65 Å². The highest BCUT2D eigenvalue weighted by molar-refractivity contribution is 6.33. The van der Waals surface area contributed by atoms with Crippen molar-refractivity contribution < 1.29 is 36.6 Å². The van der Waals surface area contributed by atoms with E-state index in [4.69, 9.17) is 21.1 Å². The van der Waals surface area contributed by atoms with E-state index >= 15 is 4.39 Å². The number of hydrogen-bond acceptors (Lipinski definition) is 8. The number of nitrogens with zero attached hydrogens (tertiary/aromatic N) is 4. The minimum absolute atomic E-state index is 0.0262. The first-order valence-electron chi connectivity index (χ1n) is 11.4. The van der Waals surface area contributed by atoms with Crippen LogP contribution in [0.3, 0.4) is 0 Å². The van der Waals surface area contributed by atoms with Crippen LogP contribution in [0.4, 0.5) is 34.1 Å². The fourth-order valence-electron chi connectivity index (χ4n) is 4.93. The van der Waals surface area contributed by atoms with Gasteiger partial charge in [-0.2, -0.15) is 5.10 Å². The van der Waals surface area contributed by atoms with Crippen molar-refractivity contribution in [3.8, 4) is 0 Å². The smallest absolute Gasteiger partial charge is 0.441 e. The van der Waals surface area contributed by atoms with Crippen LogP contribution in [0.2, 0.25) is 5.02 Å². The molecule has 0 spiro atoms. The Kier molecular flexibility index (Phi) is 5.69. The Morgan fingerprint density at radius 2 is 2.14 bits per heavy atom. The number of nitrogens with one attached hydrogen (secondary N) is 3. The summed E-state index contributed by atoms with van der Waals surface area (Å²) in [5, 5.41) is 12.6. The molecule has 3 N–H and O–H groups in total. The summed E-state index contributed by atoms with van der Waals surface area (Å²) in [6, 6.07) is 1.48. The first-order chi connectivity index (χ1) is 17.6. The van der Waals surface area contributed by atoms with Crippen LogP contribution < -0.4 is 10.6 Å². The second-order valence-corrected chi connectivity index (χ2v) is 9.86. The second kappa shape index (κ2) is 8.70. The molecule has 11 nitrogen and oxygen atoms in total. The van der Waals surface area contributed by atoms with Crippen LogP contribution in [-0.4, -0.2) is 61.4 Å². The summed E-state index contributed by atoms with van der Waals surface area (Å²) < 4.78 is 68.2. The first kappa shape index (κ1) is 24.2. The lowest BCUT2D eigenvalue weighted by Gasteiger charge is -2.61. The molecule has 37 heavy (non-hydrogen) atoms. The van der Waals surface area contributed by atoms with Crippen molar-refractivity contribution in [2.45, 2.75) is 56.2 Å². The number of carbonyl (C=O) groups excluding carboxylic acids is 1. The van der Waals surface area contributed by atoms with E-state index in [1.165, 1.54) is 22.9 Å². The SMILES string of the molecule is O=C(NC12CC(C1)C2)O[C@@H]1CO[C@H](c2cc(Nc3ncc(Cl)c4nc(COC(F)(F)F)cn34)n[nH]2)[C@H]1F. The monoisotopic (exact) mass is 545 g/mol. The van der Waals surface area contributed by atoms with E-state index in [0.717, 1.165) is 19.3 Å². The average Bonchev–Trinajstić information content (AvgIpc) is 3.50. The van der Waals surface area contributed by atoms with Crippen LogP contribution >= 0.6 is 11.6 Å². The molecule has 1 aliphatic heterocycles. The summed E-state index contributed by atoms with van der Waals surface area (Å²) in [5.41, 5.74) is 0.229. The van der Waals surface area contributed by atoms with Gasteiger partial charge in [0.15, 0.2) is 23.7 Å². The quantitative estimate of drug-likeness (QED) is 0.381. The third kappa shape index (κ3) is 4.66. The van der Waals surface area contributed by atoms with E-state index in [-0.39, 0.29) is 46.0 Å². The fourth-order valence-corrected chi connectivity index (χ4v) is 5.11. The molecular weight excluding hydrogens is 526 g/mol. The minimum atomic E-state index is -4.81. The van der Waals surface area contributed by atoms with Crippen LogP contribution in [0.1, 0.15) is 36.8 Å². The van der Waals surface area contributed by atoms with Gasteiger partial charge in [0.25, 0.3) is 0 Å². The summed E-state index contributed by atoms with van der Waals surface area (Å²) in [7, 11) is 0. The van der Waals surface area contributed by atoms with E-state index in [1.54, 1.807) is 0 Å². The average molecular weight is 546 g/mol. The number of carbonyl (C=O) groups is 1. The largest absolute Gasteiger partial charge is 0.522 e. The molecule has 7 rings (SSSR count). The Morgan fingerprint density at radius 1 is 1.35 bits per heavy atom. The number of anilines is 2. The van der Waals surface area contributed by atoms with Crippen molar-refractivity contribution in [3.63, 3.8) is 0 Å². The molecule has 4 fully saturated rings. The van der Waals surface area contributed by atoms with Gasteiger partial charge in [-0.05, 0) is 25.2 Å². The zero-order valence-corrected chi connectivity index (χ0v) is 19.6. The Bertz CT molecular complexity index is 1330. The molecule has 4 aliphatic rings. The number of imidazole rings is 1. The summed E-state index contributed by atoms with van der Waals surface area (Å²) in [4.78, 5) is 20.3. The number of halogens is 5. The number of rotatable bonds is 7. The number of ether oxygens (including phenoxy) is 3. The van der Waals surface area contributed by atoms with Gasteiger partial charge in [0.05, 0.1) is 30.8 Å². The Morgan fingerprint density at radius 3 is 2.84 bits per heavy atom. The van der Waals surface area contributed by atoms with Gasteiger partial charge in [-0.15, -0.1) is 13.2 Å². The molecule has 0 unspecified atom stereocenters. The summed E-state index contributed by atoms with van der Waals surface area (Å²) in [6.07, 6.45) is -3.85. The molecule has 3 saturated carbocycles. The lowest BCUT2D eigenvalue weighted by molar-refractivity contribution is -0.330. The first-order valence-corrected chi connectivity index (χ1v) is 11.8. The number of aromatic nitrogens is 5. The van der Waals surface area contributed by atoms with Crippen molar-refractivity contribution in [1.29, 1.82) is 0 Å². The van der Waals surface area contributed by atoms with Gasteiger partial charge in [-0.3, -0.25) is 14.2 Å². The number of alkyl carbamates (subject to hydrolysis) is 1. The maximum absolute atomic E-state index is 15.1. The maximum Gasteiger partial charge on any atom is 0.522 e. The van der Waals surface area contributed by atoms with E-state index in [9.17, 15) is 18.0 Å². The third-order valence-corrected chi connectivity index (χ3v) is 7.04. The number of alkyl halides is 4. The molecule has 1 amide bonds. The van der Waals surface area contributed by atoms with Gasteiger partial charge in [0.1, 0.15) is 11.1 Å². The van der Waals surface area contributed by atoms with Crippen molar-refractivity contribution in [3.05, 3.63) is 34.9 Å². The van der Waals surface area contributed by atoms with Crippen LogP contribution in [0.15, 0.2) is 18.5 Å². The Hall–Kier alpha value is -3.17. The highest BCUT2D eigenvalue weighted by atomic mass is 35.5. The van der Waals surface area contributed by atoms with Crippen molar-refractivity contribution in [2.24, 2.45) is 5.92 Å². The van der Waals surface area contributed by atoms with E-state index in [1.807, 2.05) is 0 Å². The topological polar surface area (TPSA) is 128 Å². The zero-order valence-electron chi connectivity index (χ0n) is 18.9. The van der Waals surface area contributed by atoms with Crippen molar-refractivity contribution in [2.75, 3.05) is 11.9 Å². The molecule has 3 aromatic rings. The Labute approximate surface area is 210 Å². The summed E-state index contributed by atoms with van der Waals surface area (Å²) in [6.45, 7) is -0.930. The lowest BCUT2D eigenvalue weighted by atomic mass is 9.50. The Balaban J connectivity index is 1.11. The number of fused-ring (bicyclic) bond motifs is 1. The number of H-pyrrole nitrogens is 1. The molecular formula is C21H20ClF4N7O4. The summed E-state index contributed by atoms with van der Waals surface area (Å²) >= 11 is 6.08. The van der Waals surface area contributed by atoms with Crippen LogP contribution in [0.5, 0.6) is 0 Å². The van der Waals surface area contributed by atoms with E-state index in [0.29, 0.717) is 5.92 Å². The van der Waals surface area contributed by atoms with Crippen molar-refractivity contribution >= 4 is 35.1 Å². The van der Waals surface area contributed by atoms with E-state index < -0.39 is 37.4 Å². The predicted molar refractivity (Wildman–Crippen MR) is 118 cm³/mol. The van der Waals surface area contributed by atoms with Gasteiger partial charge in [0.2, 0.25) is 5.95 Å². The normalized spacial score (nSPS) is 28.6. The molecule has 3 atom stereocenters. The minimum Gasteiger partial charge on any atom is -0.441 e. The highest BCUT2D eigenvalue weighted by Gasteiger charge is 2.58. The highest BCUT2D eigenvalue weighted by Crippen LogP contribution is 2.57. The molecule has 16 heteroatoms. The molecule has 2 bridgehead atoms. The standard InChI is InChI=1S/C21H20ClF4N7O4/c22-11-5-27-18(33-6-10(28-17(11)33)7-36-21(24,25)26)29-14-1-12(31-32-14)16-15(23)13(8-35-16)37-19(34)30-20-2-9(3-20)4-20/h1,5-6,9,13,15-16H,2-4,7-8H2,(H,30,34)(H2,27,29,31,32)/t9?,13-,15+,16-,20?/m1/s1. The molecule has 1 saturated heterocycles. The van der Waals surface area contributed by atoms with Gasteiger partial charge in [-0.25, -0.2) is 19.2 Å². The van der Waals surface area contributed by atoms with Crippen molar-refractivity contribution in [1.82, 2.24) is 29.9 Å². The molecule has 0 radical (unpaired) electrons. The van der Waals surface area contributed by atoms with Gasteiger partial charge in [-0.1, -0.05) is 11.6 Å². The molecule has 4 heterocycles. The predicted octanol–water partition coefficient (Wildman–Crippen LogP) is 3.94. The molecule has 3 aromatic heterocycles. The number of amides is 1. The number of hydrogen-bond donors (Lipinski definition) is 3. The summed E-state index contributed by atoms with van der Waals surface area (Å²) in [5.74, 6) is 1.03. The lowest BCUT2D eigenvalue weighted by Crippen LogP contribution is -2.68. The van der Waals surface area contributed by atoms with Crippen LogP contribution in [0, 0.1) is 5.92 Å². The molecule has 198 valence electrons. The van der Waals surface area contributed by atoms with Gasteiger partial charge >= 0.3 is 12.5 Å². The van der Waals surface area contributed by atoms with Gasteiger partial charge < -0.3 is 20.1 Å². The van der Waals surface area contributed by atoms with Gasteiger partial charge in [0, 0.05) is 17.8 Å². The molecule has 0 aromatic carbocycles. The third-order valence-electron chi connectivity index (χ3n) is 6.77. The maximum atomic E-state index is 15.1. The second-order valence-electron chi connectivity index (χ2n) is 9.45. The number of aromatic amines is 1. The zero-order chi connectivity index (χ0) is 25.9. The fraction of sp³-hybridized carbons (Fsp3) is 0.524. The molecule has 3 aliphatic carbocycles. The van der Waals surface area contributed by atoms with Crippen LogP contribution in [-0.2, 0) is 20.8 Å².